The van der Waals surface area contributed by atoms with Gasteiger partial charge in [-0.05, 0) is 56.0 Å². The van der Waals surface area contributed by atoms with Gasteiger partial charge in [0.2, 0.25) is 21.9 Å². The molecule has 0 saturated heterocycles. The first-order valence-corrected chi connectivity index (χ1v) is 11.1. The first kappa shape index (κ1) is 20.1. The third-order valence-corrected chi connectivity index (χ3v) is 5.97. The van der Waals surface area contributed by atoms with E-state index in [9.17, 15) is 8.42 Å². The summed E-state index contributed by atoms with van der Waals surface area (Å²) in [4.78, 5) is 13.6. The van der Waals surface area contributed by atoms with Crippen molar-refractivity contribution in [1.29, 1.82) is 0 Å². The van der Waals surface area contributed by atoms with Crippen LogP contribution in [0, 0.1) is 12.3 Å². The molecule has 3 aromatic rings. The summed E-state index contributed by atoms with van der Waals surface area (Å²) in [6.45, 7) is 1.92. The van der Waals surface area contributed by atoms with Crippen LogP contribution in [-0.2, 0) is 10.0 Å². The molecule has 0 amide bonds. The lowest BCUT2D eigenvalue weighted by Gasteiger charge is -2.26. The van der Waals surface area contributed by atoms with Crippen LogP contribution in [0.25, 0.3) is 11.0 Å². The van der Waals surface area contributed by atoms with Crippen LogP contribution in [-0.4, -0.2) is 29.5 Å². The van der Waals surface area contributed by atoms with Gasteiger partial charge in [-0.3, -0.25) is 0 Å². The third-order valence-electron chi connectivity index (χ3n) is 5.04. The predicted molar refractivity (Wildman–Crippen MR) is 113 cm³/mol. The van der Waals surface area contributed by atoms with E-state index in [4.69, 9.17) is 16.3 Å². The monoisotopic (exact) mass is 423 g/mol. The highest BCUT2D eigenvalue weighted by Gasteiger charge is 2.22. The molecule has 9 heteroatoms. The van der Waals surface area contributed by atoms with Gasteiger partial charge < -0.3 is 10.1 Å². The van der Waals surface area contributed by atoms with Gasteiger partial charge in [0.15, 0.2) is 5.52 Å². The standard InChI is InChI=1S/C21H21N5O3S/c1-3-15-9-12-18-19(24-15)20(29-16-5-4-6-16)26-21(25-18)23-13(2)14-7-10-17(11-8-14)30(22,27)28/h1,7-13,16H,4-6H2,2H3,(H2,22,27,28)(H,23,25,26)/t13-/m1/s1. The SMILES string of the molecule is C#Cc1ccc2nc(N[C@H](C)c3ccc(S(N)(=O)=O)cc3)nc(OC3CCC3)c2n1. The second-order valence-corrected chi connectivity index (χ2v) is 8.77. The van der Waals surface area contributed by atoms with E-state index in [2.05, 4.69) is 26.2 Å². The number of primary sulfonamides is 1. The molecule has 30 heavy (non-hydrogen) atoms. The fourth-order valence-electron chi connectivity index (χ4n) is 3.08. The molecule has 0 spiro atoms. The van der Waals surface area contributed by atoms with Crippen LogP contribution >= 0.6 is 0 Å². The Kier molecular flexibility index (Phi) is 5.28. The van der Waals surface area contributed by atoms with E-state index in [0.29, 0.717) is 28.6 Å². The van der Waals surface area contributed by atoms with E-state index in [0.717, 1.165) is 24.8 Å². The van der Waals surface area contributed by atoms with Crippen molar-refractivity contribution >= 4 is 27.0 Å². The molecule has 8 nitrogen and oxygen atoms in total. The number of aromatic nitrogens is 3. The first-order chi connectivity index (χ1) is 14.3. The zero-order valence-corrected chi connectivity index (χ0v) is 17.2. The molecule has 1 aliphatic carbocycles. The summed E-state index contributed by atoms with van der Waals surface area (Å²) in [6, 6.07) is 9.67. The molecule has 2 heterocycles. The molecule has 1 atom stereocenters. The lowest BCUT2D eigenvalue weighted by molar-refractivity contribution is 0.116. The molecule has 154 valence electrons. The maximum Gasteiger partial charge on any atom is 0.245 e. The minimum atomic E-state index is -3.73. The maximum absolute atomic E-state index is 11.4. The first-order valence-electron chi connectivity index (χ1n) is 9.55. The molecule has 1 aliphatic rings. The Hall–Kier alpha value is -3.22. The van der Waals surface area contributed by atoms with Gasteiger partial charge in [-0.15, -0.1) is 6.42 Å². The average Bonchev–Trinajstić information content (AvgIpc) is 2.69. The highest BCUT2D eigenvalue weighted by Crippen LogP contribution is 2.30. The maximum atomic E-state index is 11.4. The number of sulfonamides is 1. The van der Waals surface area contributed by atoms with Gasteiger partial charge >= 0.3 is 0 Å². The van der Waals surface area contributed by atoms with Crippen LogP contribution in [0.2, 0.25) is 0 Å². The van der Waals surface area contributed by atoms with Crippen LogP contribution < -0.4 is 15.2 Å². The van der Waals surface area contributed by atoms with Crippen LogP contribution in [0.15, 0.2) is 41.3 Å². The summed E-state index contributed by atoms with van der Waals surface area (Å²) in [5.74, 6) is 3.31. The number of hydrogen-bond donors (Lipinski definition) is 2. The number of benzene rings is 1. The summed E-state index contributed by atoms with van der Waals surface area (Å²) in [5.41, 5.74) is 2.51. The number of anilines is 1. The number of pyridine rings is 1. The minimum absolute atomic E-state index is 0.0620. The van der Waals surface area contributed by atoms with E-state index in [-0.39, 0.29) is 17.0 Å². The number of fused-ring (bicyclic) bond motifs is 1. The van der Waals surface area contributed by atoms with Gasteiger partial charge in [-0.25, -0.2) is 23.5 Å². The molecular formula is C21H21N5O3S. The normalized spacial score (nSPS) is 15.2. The van der Waals surface area contributed by atoms with Crippen LogP contribution in [0.5, 0.6) is 5.88 Å². The van der Waals surface area contributed by atoms with Gasteiger partial charge in [0.1, 0.15) is 11.8 Å². The Morgan fingerprint density at radius 1 is 1.17 bits per heavy atom. The van der Waals surface area contributed by atoms with E-state index < -0.39 is 10.0 Å². The van der Waals surface area contributed by atoms with Crippen LogP contribution in [0.4, 0.5) is 5.95 Å². The Bertz CT molecular complexity index is 1230. The van der Waals surface area contributed by atoms with Gasteiger partial charge in [0, 0.05) is 0 Å². The van der Waals surface area contributed by atoms with Crippen molar-refractivity contribution in [2.75, 3.05) is 5.32 Å². The van der Waals surface area contributed by atoms with Gasteiger partial charge in [-0.1, -0.05) is 18.1 Å². The van der Waals surface area contributed by atoms with E-state index in [1.54, 1.807) is 24.3 Å². The number of rotatable bonds is 6. The zero-order chi connectivity index (χ0) is 21.3. The van der Waals surface area contributed by atoms with Crippen molar-refractivity contribution in [2.24, 2.45) is 5.14 Å². The summed E-state index contributed by atoms with van der Waals surface area (Å²) in [5, 5.41) is 8.39. The number of nitrogens with one attached hydrogen (secondary N) is 1. The number of ether oxygens (including phenoxy) is 1. The Labute approximate surface area is 175 Å². The Balaban J connectivity index is 1.64. The third kappa shape index (κ3) is 4.20. The quantitative estimate of drug-likeness (QED) is 0.585. The molecule has 2 aromatic heterocycles. The van der Waals surface area contributed by atoms with Crippen LogP contribution in [0.3, 0.4) is 0 Å². The summed E-state index contributed by atoms with van der Waals surface area (Å²) in [6.07, 6.45) is 8.69. The van der Waals surface area contributed by atoms with E-state index in [1.165, 1.54) is 12.1 Å². The molecule has 1 aromatic carbocycles. The summed E-state index contributed by atoms with van der Waals surface area (Å²) in [7, 11) is -3.73. The molecule has 0 bridgehead atoms. The zero-order valence-electron chi connectivity index (χ0n) is 16.4. The number of terminal acetylenes is 1. The lowest BCUT2D eigenvalue weighted by Crippen LogP contribution is -2.25. The topological polar surface area (TPSA) is 120 Å². The largest absolute Gasteiger partial charge is 0.473 e. The number of nitrogens with zero attached hydrogens (tertiary/aromatic N) is 3. The second-order valence-electron chi connectivity index (χ2n) is 7.21. The number of hydrogen-bond acceptors (Lipinski definition) is 7. The number of nitrogens with two attached hydrogens (primary N) is 1. The molecule has 1 saturated carbocycles. The second kappa shape index (κ2) is 7.89. The van der Waals surface area contributed by atoms with Crippen LogP contribution in [0.1, 0.15) is 43.5 Å². The van der Waals surface area contributed by atoms with Crippen molar-refractivity contribution in [1.82, 2.24) is 15.0 Å². The van der Waals surface area contributed by atoms with Crippen molar-refractivity contribution in [2.45, 2.75) is 43.2 Å². The molecule has 0 aliphatic heterocycles. The minimum Gasteiger partial charge on any atom is -0.473 e. The fraction of sp³-hybridized carbons (Fsp3) is 0.286. The average molecular weight is 423 g/mol. The smallest absolute Gasteiger partial charge is 0.245 e. The van der Waals surface area contributed by atoms with Crippen molar-refractivity contribution in [3.05, 3.63) is 47.7 Å². The van der Waals surface area contributed by atoms with E-state index in [1.807, 2.05) is 6.92 Å². The Morgan fingerprint density at radius 2 is 1.90 bits per heavy atom. The Morgan fingerprint density at radius 3 is 2.50 bits per heavy atom. The molecule has 4 rings (SSSR count). The molecule has 3 N–H and O–H groups in total. The summed E-state index contributed by atoms with van der Waals surface area (Å²) >= 11 is 0. The highest BCUT2D eigenvalue weighted by atomic mass is 32.2. The summed E-state index contributed by atoms with van der Waals surface area (Å²) < 4.78 is 28.9. The van der Waals surface area contributed by atoms with Crippen molar-refractivity contribution in [3.63, 3.8) is 0 Å². The lowest BCUT2D eigenvalue weighted by atomic mass is 9.96. The van der Waals surface area contributed by atoms with Gasteiger partial charge in [0.05, 0.1) is 16.5 Å². The molecule has 1 fully saturated rings. The van der Waals surface area contributed by atoms with E-state index >= 15 is 0 Å². The molecule has 0 radical (unpaired) electrons. The van der Waals surface area contributed by atoms with Gasteiger partial charge in [0.25, 0.3) is 0 Å². The predicted octanol–water partition coefficient (Wildman–Crippen LogP) is 2.76. The molecule has 0 unspecified atom stereocenters. The highest BCUT2D eigenvalue weighted by molar-refractivity contribution is 7.89. The molecular weight excluding hydrogens is 402 g/mol. The van der Waals surface area contributed by atoms with Crippen molar-refractivity contribution in [3.8, 4) is 18.2 Å². The van der Waals surface area contributed by atoms with Crippen molar-refractivity contribution < 1.29 is 13.2 Å². The fourth-order valence-corrected chi connectivity index (χ4v) is 3.60. The van der Waals surface area contributed by atoms with Gasteiger partial charge in [-0.2, -0.15) is 4.98 Å².